The molecule has 2 aliphatic rings. The van der Waals surface area contributed by atoms with Crippen molar-refractivity contribution in [3.8, 4) is 11.8 Å². The lowest BCUT2D eigenvalue weighted by Crippen LogP contribution is -2.30. The van der Waals surface area contributed by atoms with E-state index in [4.69, 9.17) is 9.47 Å². The summed E-state index contributed by atoms with van der Waals surface area (Å²) in [6.07, 6.45) is 2.59. The quantitative estimate of drug-likeness (QED) is 0.802. The smallest absolute Gasteiger partial charge is 0.122 e. The largest absolute Gasteiger partial charge is 0.493 e. The van der Waals surface area contributed by atoms with E-state index in [9.17, 15) is 5.26 Å². The number of para-hydroxylation sites is 1. The number of ether oxygens (including phenoxy) is 2. The van der Waals surface area contributed by atoms with Gasteiger partial charge in [-0.15, -0.1) is 0 Å². The Labute approximate surface area is 107 Å². The highest BCUT2D eigenvalue weighted by Crippen LogP contribution is 2.44. The monoisotopic (exact) mass is 243 g/mol. The zero-order valence-corrected chi connectivity index (χ0v) is 10.4. The molecule has 1 aromatic rings. The van der Waals surface area contributed by atoms with Gasteiger partial charge in [-0.1, -0.05) is 18.2 Å². The van der Waals surface area contributed by atoms with Gasteiger partial charge in [0.2, 0.25) is 0 Å². The van der Waals surface area contributed by atoms with E-state index >= 15 is 0 Å². The number of fused-ring (bicyclic) bond motifs is 1. The second-order valence-corrected chi connectivity index (χ2v) is 5.25. The van der Waals surface area contributed by atoms with Crippen molar-refractivity contribution in [1.82, 2.24) is 0 Å². The minimum atomic E-state index is -0.219. The minimum Gasteiger partial charge on any atom is -0.493 e. The highest BCUT2D eigenvalue weighted by atomic mass is 16.5. The zero-order chi connectivity index (χ0) is 12.4. The number of nitriles is 1. The maximum atomic E-state index is 9.50. The third-order valence-corrected chi connectivity index (χ3v) is 4.12. The molecule has 1 saturated heterocycles. The standard InChI is InChI=1S/C15H17NO2/c16-11-15(5-7-17-8-6-15)9-12-10-18-14-4-2-1-3-13(12)14/h1-4,12H,5-10H2. The Morgan fingerprint density at radius 2 is 2.06 bits per heavy atom. The maximum Gasteiger partial charge on any atom is 0.122 e. The van der Waals surface area contributed by atoms with Crippen LogP contribution in [0.15, 0.2) is 24.3 Å². The molecular weight excluding hydrogens is 226 g/mol. The molecule has 1 unspecified atom stereocenters. The summed E-state index contributed by atoms with van der Waals surface area (Å²) in [7, 11) is 0. The van der Waals surface area contributed by atoms with Crippen molar-refractivity contribution >= 4 is 0 Å². The van der Waals surface area contributed by atoms with Crippen molar-refractivity contribution in [3.63, 3.8) is 0 Å². The summed E-state index contributed by atoms with van der Waals surface area (Å²) < 4.78 is 11.1. The van der Waals surface area contributed by atoms with Gasteiger partial charge in [-0.3, -0.25) is 0 Å². The van der Waals surface area contributed by atoms with E-state index in [2.05, 4.69) is 12.1 Å². The highest BCUT2D eigenvalue weighted by Gasteiger charge is 2.38. The lowest BCUT2D eigenvalue weighted by Gasteiger charge is -2.32. The molecule has 3 rings (SSSR count). The average Bonchev–Trinajstić information content (AvgIpc) is 2.83. The number of hydrogen-bond donors (Lipinski definition) is 0. The van der Waals surface area contributed by atoms with Crippen LogP contribution in [0.2, 0.25) is 0 Å². The second kappa shape index (κ2) is 4.62. The minimum absolute atomic E-state index is 0.219. The Balaban J connectivity index is 1.79. The second-order valence-electron chi connectivity index (χ2n) is 5.25. The summed E-state index contributed by atoms with van der Waals surface area (Å²) in [5.74, 6) is 1.35. The van der Waals surface area contributed by atoms with Crippen LogP contribution in [0.5, 0.6) is 5.75 Å². The Morgan fingerprint density at radius 1 is 1.28 bits per heavy atom. The fourth-order valence-corrected chi connectivity index (χ4v) is 2.99. The fraction of sp³-hybridized carbons (Fsp3) is 0.533. The van der Waals surface area contributed by atoms with Crippen LogP contribution in [-0.2, 0) is 4.74 Å². The Bertz CT molecular complexity index is 472. The molecule has 0 aliphatic carbocycles. The van der Waals surface area contributed by atoms with Gasteiger partial charge >= 0.3 is 0 Å². The van der Waals surface area contributed by atoms with Crippen LogP contribution in [-0.4, -0.2) is 19.8 Å². The van der Waals surface area contributed by atoms with E-state index in [0.717, 1.165) is 25.0 Å². The van der Waals surface area contributed by atoms with E-state index in [1.54, 1.807) is 0 Å². The van der Waals surface area contributed by atoms with Crippen LogP contribution in [0.1, 0.15) is 30.7 Å². The fourth-order valence-electron chi connectivity index (χ4n) is 2.99. The van der Waals surface area contributed by atoms with Gasteiger partial charge in [0.05, 0.1) is 18.1 Å². The Morgan fingerprint density at radius 3 is 2.83 bits per heavy atom. The molecule has 0 radical (unpaired) electrons. The summed E-state index contributed by atoms with van der Waals surface area (Å²) in [5, 5.41) is 9.50. The molecule has 0 aromatic heterocycles. The normalized spacial score (nSPS) is 24.9. The first-order valence-electron chi connectivity index (χ1n) is 6.54. The Hall–Kier alpha value is -1.53. The summed E-state index contributed by atoms with van der Waals surface area (Å²) in [6.45, 7) is 2.13. The molecular formula is C15H17NO2. The molecule has 3 nitrogen and oxygen atoms in total. The molecule has 3 heteroatoms. The van der Waals surface area contributed by atoms with E-state index in [1.165, 1.54) is 5.56 Å². The van der Waals surface area contributed by atoms with Gasteiger partial charge in [-0.05, 0) is 25.3 Å². The first-order chi connectivity index (χ1) is 8.83. The van der Waals surface area contributed by atoms with Crippen LogP contribution in [0.3, 0.4) is 0 Å². The number of rotatable bonds is 2. The van der Waals surface area contributed by atoms with E-state index < -0.39 is 0 Å². The van der Waals surface area contributed by atoms with Gasteiger partial charge < -0.3 is 9.47 Å². The van der Waals surface area contributed by atoms with Crippen LogP contribution >= 0.6 is 0 Å². The number of nitrogens with zero attached hydrogens (tertiary/aromatic N) is 1. The molecule has 1 fully saturated rings. The first kappa shape index (κ1) is 11.6. The maximum absolute atomic E-state index is 9.50. The molecule has 0 bridgehead atoms. The van der Waals surface area contributed by atoms with Crippen molar-refractivity contribution in [2.45, 2.75) is 25.2 Å². The molecule has 2 aliphatic heterocycles. The van der Waals surface area contributed by atoms with Crippen LogP contribution in [0.4, 0.5) is 0 Å². The van der Waals surface area contributed by atoms with Crippen molar-refractivity contribution in [3.05, 3.63) is 29.8 Å². The predicted octanol–water partition coefficient (Wildman–Crippen LogP) is 2.87. The van der Waals surface area contributed by atoms with Crippen molar-refractivity contribution in [2.24, 2.45) is 5.41 Å². The molecule has 0 N–H and O–H groups in total. The van der Waals surface area contributed by atoms with E-state index in [1.807, 2.05) is 18.2 Å². The third kappa shape index (κ3) is 1.97. The van der Waals surface area contributed by atoms with Gasteiger partial charge in [0, 0.05) is 24.7 Å². The average molecular weight is 243 g/mol. The van der Waals surface area contributed by atoms with Crippen molar-refractivity contribution in [2.75, 3.05) is 19.8 Å². The lowest BCUT2D eigenvalue weighted by atomic mass is 9.73. The molecule has 0 spiro atoms. The van der Waals surface area contributed by atoms with Gasteiger partial charge in [0.25, 0.3) is 0 Å². The Kier molecular flexibility index (Phi) is 2.97. The SMILES string of the molecule is N#CC1(CC2COc3ccccc32)CCOCC1. The van der Waals surface area contributed by atoms with Crippen LogP contribution in [0, 0.1) is 16.7 Å². The molecule has 0 saturated carbocycles. The summed E-state index contributed by atoms with van der Waals surface area (Å²) in [4.78, 5) is 0. The summed E-state index contributed by atoms with van der Waals surface area (Å²) in [5.41, 5.74) is 1.04. The van der Waals surface area contributed by atoms with Crippen molar-refractivity contribution in [1.29, 1.82) is 5.26 Å². The highest BCUT2D eigenvalue weighted by molar-refractivity contribution is 5.40. The summed E-state index contributed by atoms with van der Waals surface area (Å²) in [6, 6.07) is 10.7. The molecule has 0 amide bonds. The third-order valence-electron chi connectivity index (χ3n) is 4.12. The molecule has 2 heterocycles. The summed E-state index contributed by atoms with van der Waals surface area (Å²) >= 11 is 0. The van der Waals surface area contributed by atoms with Crippen LogP contribution in [0.25, 0.3) is 0 Å². The first-order valence-corrected chi connectivity index (χ1v) is 6.54. The number of hydrogen-bond acceptors (Lipinski definition) is 3. The predicted molar refractivity (Wildman–Crippen MR) is 67.4 cm³/mol. The lowest BCUT2D eigenvalue weighted by molar-refractivity contribution is 0.0330. The van der Waals surface area contributed by atoms with Gasteiger partial charge in [0.15, 0.2) is 0 Å². The van der Waals surface area contributed by atoms with Gasteiger partial charge in [-0.2, -0.15) is 5.26 Å². The molecule has 1 aromatic carbocycles. The van der Waals surface area contributed by atoms with Crippen LogP contribution < -0.4 is 4.74 Å². The topological polar surface area (TPSA) is 42.2 Å². The van der Waals surface area contributed by atoms with Gasteiger partial charge in [0.1, 0.15) is 5.75 Å². The van der Waals surface area contributed by atoms with Crippen molar-refractivity contribution < 1.29 is 9.47 Å². The molecule has 1 atom stereocenters. The van der Waals surface area contributed by atoms with E-state index in [-0.39, 0.29) is 5.41 Å². The zero-order valence-electron chi connectivity index (χ0n) is 10.4. The number of benzene rings is 1. The molecule has 18 heavy (non-hydrogen) atoms. The van der Waals surface area contributed by atoms with Gasteiger partial charge in [-0.25, -0.2) is 0 Å². The van der Waals surface area contributed by atoms with E-state index in [0.29, 0.717) is 25.7 Å². The molecule has 94 valence electrons.